The van der Waals surface area contributed by atoms with Gasteiger partial charge >= 0.3 is 0 Å². The zero-order valence-corrected chi connectivity index (χ0v) is 18.8. The topological polar surface area (TPSA) is 189 Å². The van der Waals surface area contributed by atoms with Crippen LogP contribution in [0.3, 0.4) is 0 Å². The Balaban J connectivity index is 1.99. The number of aliphatic hydroxyl groups is 3. The maximum Gasteiger partial charge on any atom is 0.239 e. The molecule has 2 heterocycles. The molecule has 0 amide bonds. The molecule has 5 atom stereocenters. The van der Waals surface area contributed by atoms with Crippen LogP contribution in [0.4, 0.5) is 0 Å². The molecule has 0 spiro atoms. The molecule has 3 aromatic rings. The molecular weight excluding hydrogens is 468 g/mol. The van der Waals surface area contributed by atoms with Gasteiger partial charge in [0.25, 0.3) is 0 Å². The first-order chi connectivity index (χ1) is 16.6. The molecule has 12 heteroatoms. The predicted octanol–water partition coefficient (Wildman–Crippen LogP) is 0.800. The highest BCUT2D eigenvalue weighted by Crippen LogP contribution is 2.44. The molecule has 1 fully saturated rings. The zero-order valence-electron chi connectivity index (χ0n) is 18.8. The minimum Gasteiger partial charge on any atom is -0.507 e. The van der Waals surface area contributed by atoms with Gasteiger partial charge in [0, 0.05) is 11.6 Å². The van der Waals surface area contributed by atoms with Gasteiger partial charge in [-0.3, -0.25) is 4.79 Å². The molecule has 1 aliphatic rings. The van der Waals surface area contributed by atoms with Crippen LogP contribution in [0.1, 0.15) is 6.92 Å². The molecule has 35 heavy (non-hydrogen) atoms. The summed E-state index contributed by atoms with van der Waals surface area (Å²) in [7, 11) is 2.53. The molecule has 12 nitrogen and oxygen atoms in total. The standard InChI is InChI=1S/C23H24O12/c1-8-15(27)17(29)18(30)23(33-8)35-22-16(28)14-11(25)7-12(26)20(32-3)21(14)34-19(22)9-4-5-10(24)13(6-9)31-2/h4-8,15,17-18,23-27,29-30H,1-3H3. The molecule has 1 aromatic heterocycles. The van der Waals surface area contributed by atoms with Crippen LogP contribution in [0.25, 0.3) is 22.3 Å². The average Bonchev–Trinajstić information content (AvgIpc) is 2.82. The van der Waals surface area contributed by atoms with Crippen molar-refractivity contribution in [1.29, 1.82) is 0 Å². The Kier molecular flexibility index (Phi) is 6.38. The number of fused-ring (bicyclic) bond motifs is 1. The largest absolute Gasteiger partial charge is 0.507 e. The minimum absolute atomic E-state index is 0.0306. The summed E-state index contributed by atoms with van der Waals surface area (Å²) >= 11 is 0. The fourth-order valence-corrected chi connectivity index (χ4v) is 3.84. The second-order valence-electron chi connectivity index (χ2n) is 7.93. The number of methoxy groups -OCH3 is 2. The molecule has 0 saturated carbocycles. The maximum absolute atomic E-state index is 13.5. The van der Waals surface area contributed by atoms with E-state index in [-0.39, 0.29) is 34.2 Å². The van der Waals surface area contributed by atoms with Gasteiger partial charge in [-0.15, -0.1) is 0 Å². The summed E-state index contributed by atoms with van der Waals surface area (Å²) in [5.41, 5.74) is -1.07. The first kappa shape index (κ1) is 24.4. The number of hydrogen-bond donors (Lipinski definition) is 6. The Labute approximate surface area is 197 Å². The third-order valence-electron chi connectivity index (χ3n) is 5.73. The number of aromatic hydroxyl groups is 3. The SMILES string of the molecule is COc1cc(-c2oc3c(OC)c(O)cc(O)c3c(=O)c2OC2OC(C)C(O)C(O)C2O)ccc1O. The Morgan fingerprint density at radius 3 is 2.23 bits per heavy atom. The van der Waals surface area contributed by atoms with Crippen LogP contribution < -0.4 is 19.6 Å². The van der Waals surface area contributed by atoms with E-state index >= 15 is 0 Å². The van der Waals surface area contributed by atoms with Crippen LogP contribution in [0.2, 0.25) is 0 Å². The lowest BCUT2D eigenvalue weighted by Gasteiger charge is -2.38. The summed E-state index contributed by atoms with van der Waals surface area (Å²) in [4.78, 5) is 13.5. The first-order valence-electron chi connectivity index (χ1n) is 10.4. The minimum atomic E-state index is -1.75. The number of phenolic OH excluding ortho intramolecular Hbond substituents is 3. The lowest BCUT2D eigenvalue weighted by atomic mass is 10.00. The molecule has 1 saturated heterocycles. The summed E-state index contributed by atoms with van der Waals surface area (Å²) in [6.45, 7) is 1.43. The van der Waals surface area contributed by atoms with E-state index in [9.17, 15) is 35.4 Å². The Bertz CT molecular complexity index is 1320. The van der Waals surface area contributed by atoms with Crippen molar-refractivity contribution in [3.8, 4) is 45.8 Å². The van der Waals surface area contributed by atoms with Crippen molar-refractivity contribution in [2.75, 3.05) is 14.2 Å². The van der Waals surface area contributed by atoms with Crippen LogP contribution in [0.15, 0.2) is 33.5 Å². The molecule has 6 N–H and O–H groups in total. The van der Waals surface area contributed by atoms with Gasteiger partial charge in [-0.05, 0) is 25.1 Å². The Morgan fingerprint density at radius 2 is 1.57 bits per heavy atom. The van der Waals surface area contributed by atoms with Gasteiger partial charge in [0.1, 0.15) is 29.4 Å². The summed E-state index contributed by atoms with van der Waals surface area (Å²) in [6.07, 6.45) is -7.37. The van der Waals surface area contributed by atoms with Crippen molar-refractivity contribution in [2.45, 2.75) is 37.6 Å². The quantitative estimate of drug-likeness (QED) is 0.294. The highest BCUT2D eigenvalue weighted by atomic mass is 16.7. The Morgan fingerprint density at radius 1 is 0.857 bits per heavy atom. The molecule has 188 valence electrons. The van der Waals surface area contributed by atoms with E-state index in [1.807, 2.05) is 0 Å². The molecule has 1 aliphatic heterocycles. The van der Waals surface area contributed by atoms with E-state index < -0.39 is 58.8 Å². The summed E-state index contributed by atoms with van der Waals surface area (Å²) in [5.74, 6) is -2.34. The van der Waals surface area contributed by atoms with Crippen molar-refractivity contribution in [2.24, 2.45) is 0 Å². The second kappa shape index (κ2) is 9.15. The van der Waals surface area contributed by atoms with Gasteiger partial charge < -0.3 is 54.0 Å². The Hall–Kier alpha value is -3.71. The molecule has 0 bridgehead atoms. The first-order valence-corrected chi connectivity index (χ1v) is 10.4. The van der Waals surface area contributed by atoms with E-state index in [1.165, 1.54) is 39.3 Å². The van der Waals surface area contributed by atoms with Crippen molar-refractivity contribution >= 4 is 11.0 Å². The second-order valence-corrected chi connectivity index (χ2v) is 7.93. The number of phenols is 3. The fourth-order valence-electron chi connectivity index (χ4n) is 3.84. The van der Waals surface area contributed by atoms with E-state index in [1.54, 1.807) is 0 Å². The smallest absolute Gasteiger partial charge is 0.239 e. The van der Waals surface area contributed by atoms with E-state index in [0.717, 1.165) is 6.07 Å². The van der Waals surface area contributed by atoms with E-state index in [0.29, 0.717) is 0 Å². The summed E-state index contributed by atoms with van der Waals surface area (Å²) < 4.78 is 27.3. The molecule has 0 radical (unpaired) electrons. The lowest BCUT2D eigenvalue weighted by molar-refractivity contribution is -0.268. The number of ether oxygens (including phenoxy) is 4. The third kappa shape index (κ3) is 4.06. The van der Waals surface area contributed by atoms with Crippen LogP contribution >= 0.6 is 0 Å². The average molecular weight is 492 g/mol. The van der Waals surface area contributed by atoms with Gasteiger partial charge in [-0.25, -0.2) is 0 Å². The molecule has 5 unspecified atom stereocenters. The van der Waals surface area contributed by atoms with Crippen molar-refractivity contribution in [1.82, 2.24) is 0 Å². The molecule has 2 aromatic carbocycles. The summed E-state index contributed by atoms with van der Waals surface area (Å²) in [6, 6.07) is 4.87. The van der Waals surface area contributed by atoms with E-state index in [2.05, 4.69) is 0 Å². The summed E-state index contributed by atoms with van der Waals surface area (Å²) in [5, 5.41) is 60.6. The zero-order chi connectivity index (χ0) is 25.6. The highest BCUT2D eigenvalue weighted by Gasteiger charge is 2.44. The van der Waals surface area contributed by atoms with Gasteiger partial charge in [-0.1, -0.05) is 0 Å². The van der Waals surface area contributed by atoms with Crippen LogP contribution in [0.5, 0.6) is 34.5 Å². The molecular formula is C23H24O12. The van der Waals surface area contributed by atoms with Crippen molar-refractivity contribution in [3.63, 3.8) is 0 Å². The normalized spacial score (nSPS) is 24.3. The maximum atomic E-state index is 13.5. The number of hydrogen-bond acceptors (Lipinski definition) is 12. The van der Waals surface area contributed by atoms with Crippen LogP contribution in [-0.4, -0.2) is 75.6 Å². The van der Waals surface area contributed by atoms with E-state index in [4.69, 9.17) is 23.4 Å². The third-order valence-corrected chi connectivity index (χ3v) is 5.73. The van der Waals surface area contributed by atoms with Crippen LogP contribution in [0, 0.1) is 0 Å². The molecule has 4 rings (SSSR count). The fraction of sp³-hybridized carbons (Fsp3) is 0.348. The lowest BCUT2D eigenvalue weighted by Crippen LogP contribution is -2.58. The number of benzene rings is 2. The van der Waals surface area contributed by atoms with Crippen molar-refractivity contribution < 1.29 is 54.0 Å². The van der Waals surface area contributed by atoms with Crippen molar-refractivity contribution in [3.05, 3.63) is 34.5 Å². The number of aliphatic hydroxyl groups excluding tert-OH is 3. The van der Waals surface area contributed by atoms with Gasteiger partial charge in [0.05, 0.1) is 20.3 Å². The highest BCUT2D eigenvalue weighted by molar-refractivity contribution is 5.93. The van der Waals surface area contributed by atoms with Gasteiger partial charge in [-0.2, -0.15) is 0 Å². The van der Waals surface area contributed by atoms with Gasteiger partial charge in [0.15, 0.2) is 28.6 Å². The monoisotopic (exact) mass is 492 g/mol. The number of rotatable bonds is 5. The van der Waals surface area contributed by atoms with Gasteiger partial charge in [0.2, 0.25) is 23.2 Å². The van der Waals surface area contributed by atoms with Crippen LogP contribution in [-0.2, 0) is 4.74 Å². The molecule has 0 aliphatic carbocycles. The predicted molar refractivity (Wildman–Crippen MR) is 119 cm³/mol.